The second kappa shape index (κ2) is 5.44. The molecular weight excluding hydrogens is 200 g/mol. The van der Waals surface area contributed by atoms with Gasteiger partial charge in [0, 0.05) is 4.90 Å². The molecule has 0 saturated carbocycles. The molecule has 0 radical (unpaired) electrons. The maximum absolute atomic E-state index is 11.0. The zero-order valence-electron chi connectivity index (χ0n) is 7.73. The summed E-state index contributed by atoms with van der Waals surface area (Å²) in [6, 6.07) is 9.22. The van der Waals surface area contributed by atoms with Crippen LogP contribution >= 0.6 is 12.0 Å². The van der Waals surface area contributed by atoms with Gasteiger partial charge in [-0.05, 0) is 19.1 Å². The highest BCUT2D eigenvalue weighted by Crippen LogP contribution is 2.18. The lowest BCUT2D eigenvalue weighted by molar-refractivity contribution is -0.136. The molecule has 0 bridgehead atoms. The Morgan fingerprint density at radius 1 is 1.29 bits per heavy atom. The second-order valence-electron chi connectivity index (χ2n) is 2.73. The van der Waals surface area contributed by atoms with E-state index in [0.717, 1.165) is 16.9 Å². The van der Waals surface area contributed by atoms with E-state index in [0.29, 0.717) is 0 Å². The third-order valence-corrected chi connectivity index (χ3v) is 2.10. The molecule has 0 N–H and O–H groups in total. The van der Waals surface area contributed by atoms with Gasteiger partial charge in [-0.3, -0.25) is 9.59 Å². The molecular formula is C10H10O3S. The topological polar surface area (TPSA) is 43.4 Å². The van der Waals surface area contributed by atoms with Gasteiger partial charge in [-0.2, -0.15) is 0 Å². The van der Waals surface area contributed by atoms with E-state index in [1.165, 1.54) is 6.92 Å². The van der Waals surface area contributed by atoms with Gasteiger partial charge in [0.05, 0.1) is 12.0 Å². The average Bonchev–Trinajstić information content (AvgIpc) is 2.15. The van der Waals surface area contributed by atoms with Crippen molar-refractivity contribution in [3.05, 3.63) is 30.3 Å². The highest BCUT2D eigenvalue weighted by atomic mass is 32.2. The molecule has 74 valence electrons. The van der Waals surface area contributed by atoms with E-state index in [1.54, 1.807) is 0 Å². The van der Waals surface area contributed by atoms with E-state index in [9.17, 15) is 9.59 Å². The fourth-order valence-electron chi connectivity index (χ4n) is 0.803. The van der Waals surface area contributed by atoms with Crippen molar-refractivity contribution in [2.24, 2.45) is 0 Å². The zero-order valence-corrected chi connectivity index (χ0v) is 8.54. The van der Waals surface area contributed by atoms with Gasteiger partial charge >= 0.3 is 5.97 Å². The summed E-state index contributed by atoms with van der Waals surface area (Å²) in [7, 11) is 0. The molecule has 0 fully saturated rings. The second-order valence-corrected chi connectivity index (χ2v) is 3.54. The Balaban J connectivity index is 2.34. The molecule has 4 heteroatoms. The Labute approximate surface area is 86.7 Å². The standard InChI is InChI=1S/C10H10O3S/c1-8(11)7-10(12)13-14-9-5-3-2-4-6-9/h2-6H,7H2,1H3. The van der Waals surface area contributed by atoms with E-state index in [-0.39, 0.29) is 12.2 Å². The fraction of sp³-hybridized carbons (Fsp3) is 0.200. The molecule has 1 aromatic rings. The number of ketones is 1. The van der Waals surface area contributed by atoms with Crippen LogP contribution in [0.25, 0.3) is 0 Å². The van der Waals surface area contributed by atoms with E-state index in [2.05, 4.69) is 0 Å². The van der Waals surface area contributed by atoms with Crippen LogP contribution in [0.1, 0.15) is 13.3 Å². The molecule has 0 aromatic heterocycles. The van der Waals surface area contributed by atoms with Crippen LogP contribution in [0.5, 0.6) is 0 Å². The van der Waals surface area contributed by atoms with E-state index in [1.807, 2.05) is 30.3 Å². The maximum Gasteiger partial charge on any atom is 0.325 e. The molecule has 0 aliphatic rings. The van der Waals surface area contributed by atoms with Gasteiger partial charge < -0.3 is 4.18 Å². The lowest BCUT2D eigenvalue weighted by Crippen LogP contribution is -2.04. The van der Waals surface area contributed by atoms with Crippen molar-refractivity contribution in [2.45, 2.75) is 18.2 Å². The van der Waals surface area contributed by atoms with Crippen LogP contribution in [0.4, 0.5) is 0 Å². The first-order valence-corrected chi connectivity index (χ1v) is 4.84. The Kier molecular flexibility index (Phi) is 4.19. The van der Waals surface area contributed by atoms with E-state index >= 15 is 0 Å². The van der Waals surface area contributed by atoms with E-state index < -0.39 is 5.97 Å². The summed E-state index contributed by atoms with van der Waals surface area (Å²) in [5.74, 6) is -0.699. The largest absolute Gasteiger partial charge is 0.386 e. The van der Waals surface area contributed by atoms with Crippen molar-refractivity contribution in [2.75, 3.05) is 0 Å². The fourth-order valence-corrected chi connectivity index (χ4v) is 1.32. The van der Waals surface area contributed by atoms with Gasteiger partial charge in [0.25, 0.3) is 0 Å². The molecule has 0 saturated heterocycles. The molecule has 0 atom stereocenters. The summed E-state index contributed by atoms with van der Waals surface area (Å²) < 4.78 is 4.80. The number of rotatable bonds is 4. The van der Waals surface area contributed by atoms with Gasteiger partial charge in [0.2, 0.25) is 0 Å². The van der Waals surface area contributed by atoms with Crippen LogP contribution in [0.3, 0.4) is 0 Å². The molecule has 0 aliphatic carbocycles. The van der Waals surface area contributed by atoms with Crippen LogP contribution in [-0.4, -0.2) is 11.8 Å². The van der Waals surface area contributed by atoms with Crippen molar-refractivity contribution in [3.8, 4) is 0 Å². The lowest BCUT2D eigenvalue weighted by Gasteiger charge is -2.00. The molecule has 3 nitrogen and oxygen atoms in total. The van der Waals surface area contributed by atoms with Gasteiger partial charge in [0.1, 0.15) is 12.2 Å². The van der Waals surface area contributed by atoms with Crippen LogP contribution in [0.2, 0.25) is 0 Å². The van der Waals surface area contributed by atoms with Gasteiger partial charge in [-0.1, -0.05) is 18.2 Å². The summed E-state index contributed by atoms with van der Waals surface area (Å²) in [5, 5.41) is 0. The molecule has 0 spiro atoms. The highest BCUT2D eigenvalue weighted by Gasteiger charge is 2.07. The quantitative estimate of drug-likeness (QED) is 0.564. The van der Waals surface area contributed by atoms with Gasteiger partial charge in [0.15, 0.2) is 0 Å². The van der Waals surface area contributed by atoms with Crippen LogP contribution in [0, 0.1) is 0 Å². The van der Waals surface area contributed by atoms with Gasteiger partial charge in [-0.15, -0.1) is 0 Å². The number of hydrogen-bond donors (Lipinski definition) is 0. The van der Waals surface area contributed by atoms with Crippen LogP contribution in [-0.2, 0) is 13.8 Å². The number of hydrogen-bond acceptors (Lipinski definition) is 4. The first kappa shape index (κ1) is 10.8. The minimum Gasteiger partial charge on any atom is -0.386 e. The van der Waals surface area contributed by atoms with Crippen molar-refractivity contribution < 1.29 is 13.8 Å². The Morgan fingerprint density at radius 3 is 2.50 bits per heavy atom. The molecule has 1 aromatic carbocycles. The number of carbonyl (C=O) groups excluding carboxylic acids is 2. The van der Waals surface area contributed by atoms with Crippen LogP contribution < -0.4 is 0 Å². The van der Waals surface area contributed by atoms with Crippen molar-refractivity contribution in [1.82, 2.24) is 0 Å². The number of carbonyl (C=O) groups is 2. The van der Waals surface area contributed by atoms with Gasteiger partial charge in [-0.25, -0.2) is 0 Å². The summed E-state index contributed by atoms with van der Waals surface area (Å²) in [5.41, 5.74) is 0. The maximum atomic E-state index is 11.0. The van der Waals surface area contributed by atoms with Crippen molar-refractivity contribution in [1.29, 1.82) is 0 Å². The Bertz CT molecular complexity index is 321. The SMILES string of the molecule is CC(=O)CC(=O)OSc1ccccc1. The molecule has 1 rings (SSSR count). The Hall–Kier alpha value is -1.29. The van der Waals surface area contributed by atoms with Crippen LogP contribution in [0.15, 0.2) is 35.2 Å². The summed E-state index contributed by atoms with van der Waals surface area (Å²) in [6.07, 6.45) is -0.167. The Morgan fingerprint density at radius 2 is 1.93 bits per heavy atom. The first-order valence-electron chi connectivity index (χ1n) is 4.10. The third kappa shape index (κ3) is 4.09. The predicted octanol–water partition coefficient (Wildman–Crippen LogP) is 2.22. The molecule has 0 amide bonds. The average molecular weight is 210 g/mol. The van der Waals surface area contributed by atoms with Crippen molar-refractivity contribution >= 4 is 23.8 Å². The number of benzene rings is 1. The minimum atomic E-state index is -0.508. The molecule has 14 heavy (non-hydrogen) atoms. The summed E-state index contributed by atoms with van der Waals surface area (Å²) in [6.45, 7) is 1.36. The normalized spacial score (nSPS) is 9.50. The summed E-state index contributed by atoms with van der Waals surface area (Å²) >= 11 is 0.969. The summed E-state index contributed by atoms with van der Waals surface area (Å²) in [4.78, 5) is 22.4. The first-order chi connectivity index (χ1) is 6.68. The molecule has 0 heterocycles. The van der Waals surface area contributed by atoms with Crippen molar-refractivity contribution in [3.63, 3.8) is 0 Å². The third-order valence-electron chi connectivity index (χ3n) is 1.37. The lowest BCUT2D eigenvalue weighted by atomic mass is 10.3. The minimum absolute atomic E-state index is 0.167. The molecule has 0 unspecified atom stereocenters. The molecule has 0 aliphatic heterocycles. The highest BCUT2D eigenvalue weighted by molar-refractivity contribution is 7.95. The monoisotopic (exact) mass is 210 g/mol. The smallest absolute Gasteiger partial charge is 0.325 e. The number of Topliss-reactive ketones (excluding diaryl/α,β-unsaturated/α-hetero) is 1. The van der Waals surface area contributed by atoms with E-state index in [4.69, 9.17) is 4.18 Å². The zero-order chi connectivity index (χ0) is 10.4. The predicted molar refractivity (Wildman–Crippen MR) is 53.7 cm³/mol.